The van der Waals surface area contributed by atoms with E-state index in [0.29, 0.717) is 12.1 Å². The van der Waals surface area contributed by atoms with Crippen molar-refractivity contribution >= 4 is 0 Å². The Morgan fingerprint density at radius 2 is 2.25 bits per heavy atom. The van der Waals surface area contributed by atoms with Crippen molar-refractivity contribution in [2.45, 2.75) is 57.2 Å². The average molecular weight is 277 g/mol. The predicted molar refractivity (Wildman–Crippen MR) is 78.0 cm³/mol. The molecule has 0 aliphatic carbocycles. The predicted octanol–water partition coefficient (Wildman–Crippen LogP) is 2.89. The van der Waals surface area contributed by atoms with Gasteiger partial charge in [0.25, 0.3) is 0 Å². The van der Waals surface area contributed by atoms with Crippen LogP contribution in [-0.2, 0) is 0 Å². The molecule has 0 amide bonds. The summed E-state index contributed by atoms with van der Waals surface area (Å²) in [5, 5.41) is 3.77. The van der Waals surface area contributed by atoms with E-state index in [4.69, 9.17) is 0 Å². The third-order valence-electron chi connectivity index (χ3n) is 4.79. The first-order valence-electron chi connectivity index (χ1n) is 7.89. The second-order valence-corrected chi connectivity index (χ2v) is 6.02. The summed E-state index contributed by atoms with van der Waals surface area (Å²) < 4.78 is 13.0. The van der Waals surface area contributed by atoms with Crippen LogP contribution >= 0.6 is 0 Å². The smallest absolute Gasteiger partial charge is 0.141 e. The second-order valence-electron chi connectivity index (χ2n) is 6.02. The van der Waals surface area contributed by atoms with E-state index < -0.39 is 0 Å². The number of hydrogen-bond donors (Lipinski definition) is 1. The van der Waals surface area contributed by atoms with E-state index in [-0.39, 0.29) is 11.9 Å². The lowest BCUT2D eigenvalue weighted by Crippen LogP contribution is -2.46. The fraction of sp³-hybridized carbons (Fsp3) is 0.688. The van der Waals surface area contributed by atoms with Crippen LogP contribution in [0.2, 0.25) is 0 Å². The SMILES string of the molecule is CCC(NC1CCN2CCCCC12)c1ccc(F)cn1. The van der Waals surface area contributed by atoms with Crippen molar-refractivity contribution in [3.63, 3.8) is 0 Å². The highest BCUT2D eigenvalue weighted by Gasteiger charge is 2.36. The molecule has 3 atom stereocenters. The third kappa shape index (κ3) is 2.86. The number of pyridine rings is 1. The highest BCUT2D eigenvalue weighted by atomic mass is 19.1. The quantitative estimate of drug-likeness (QED) is 0.917. The highest BCUT2D eigenvalue weighted by molar-refractivity contribution is 5.11. The molecule has 0 saturated carbocycles. The van der Waals surface area contributed by atoms with E-state index in [2.05, 4.69) is 22.1 Å². The van der Waals surface area contributed by atoms with E-state index in [1.165, 1.54) is 51.0 Å². The van der Waals surface area contributed by atoms with Gasteiger partial charge in [0, 0.05) is 24.7 Å². The van der Waals surface area contributed by atoms with Crippen LogP contribution in [0.5, 0.6) is 0 Å². The normalized spacial score (nSPS) is 28.3. The summed E-state index contributed by atoms with van der Waals surface area (Å²) in [6.45, 7) is 4.64. The Morgan fingerprint density at radius 1 is 1.35 bits per heavy atom. The molecule has 1 aromatic heterocycles. The summed E-state index contributed by atoms with van der Waals surface area (Å²) in [5.74, 6) is -0.261. The van der Waals surface area contributed by atoms with Crippen LogP contribution in [0.3, 0.4) is 0 Å². The topological polar surface area (TPSA) is 28.2 Å². The first-order chi connectivity index (χ1) is 9.78. The molecule has 0 spiro atoms. The fourth-order valence-electron chi connectivity index (χ4n) is 3.71. The Labute approximate surface area is 120 Å². The molecular formula is C16H24FN3. The average Bonchev–Trinajstić information content (AvgIpc) is 2.89. The lowest BCUT2D eigenvalue weighted by Gasteiger charge is -2.34. The number of nitrogens with one attached hydrogen (secondary N) is 1. The first-order valence-corrected chi connectivity index (χ1v) is 7.89. The molecule has 0 radical (unpaired) electrons. The van der Waals surface area contributed by atoms with Gasteiger partial charge >= 0.3 is 0 Å². The number of piperidine rings is 1. The number of fused-ring (bicyclic) bond motifs is 1. The number of aromatic nitrogens is 1. The number of nitrogens with zero attached hydrogens (tertiary/aromatic N) is 2. The molecule has 3 heterocycles. The van der Waals surface area contributed by atoms with E-state index >= 15 is 0 Å². The van der Waals surface area contributed by atoms with E-state index in [1.807, 2.05) is 6.07 Å². The zero-order valence-corrected chi connectivity index (χ0v) is 12.2. The van der Waals surface area contributed by atoms with E-state index in [9.17, 15) is 4.39 Å². The molecule has 2 aliphatic heterocycles. The molecule has 2 fully saturated rings. The summed E-state index contributed by atoms with van der Waals surface area (Å²) in [5.41, 5.74) is 0.961. The van der Waals surface area contributed by atoms with Gasteiger partial charge in [-0.2, -0.15) is 0 Å². The molecular weight excluding hydrogens is 253 g/mol. The minimum Gasteiger partial charge on any atom is -0.304 e. The zero-order valence-electron chi connectivity index (χ0n) is 12.2. The van der Waals surface area contributed by atoms with Gasteiger partial charge in [-0.25, -0.2) is 4.39 Å². The number of rotatable bonds is 4. The Kier molecular flexibility index (Phi) is 4.32. The maximum Gasteiger partial charge on any atom is 0.141 e. The third-order valence-corrected chi connectivity index (χ3v) is 4.79. The molecule has 4 heteroatoms. The number of hydrogen-bond acceptors (Lipinski definition) is 3. The summed E-state index contributed by atoms with van der Waals surface area (Å²) in [4.78, 5) is 6.88. The maximum absolute atomic E-state index is 13.0. The molecule has 0 bridgehead atoms. The van der Waals surface area contributed by atoms with E-state index in [0.717, 1.165) is 12.1 Å². The van der Waals surface area contributed by atoms with Gasteiger partial charge < -0.3 is 5.32 Å². The molecule has 110 valence electrons. The van der Waals surface area contributed by atoms with Crippen molar-refractivity contribution in [1.29, 1.82) is 0 Å². The second kappa shape index (κ2) is 6.19. The van der Waals surface area contributed by atoms with Crippen molar-refractivity contribution in [2.75, 3.05) is 13.1 Å². The summed E-state index contributed by atoms with van der Waals surface area (Å²) in [6.07, 6.45) is 7.54. The van der Waals surface area contributed by atoms with Crippen LogP contribution in [0.25, 0.3) is 0 Å². The lowest BCUT2D eigenvalue weighted by molar-refractivity contribution is 0.175. The van der Waals surface area contributed by atoms with Crippen molar-refractivity contribution in [3.05, 3.63) is 29.8 Å². The largest absolute Gasteiger partial charge is 0.304 e. The lowest BCUT2D eigenvalue weighted by atomic mass is 9.97. The summed E-state index contributed by atoms with van der Waals surface area (Å²) in [6, 6.07) is 4.81. The van der Waals surface area contributed by atoms with Gasteiger partial charge in [-0.3, -0.25) is 9.88 Å². The molecule has 3 rings (SSSR count). The molecule has 20 heavy (non-hydrogen) atoms. The summed E-state index contributed by atoms with van der Waals surface area (Å²) >= 11 is 0. The Morgan fingerprint density at radius 3 is 3.00 bits per heavy atom. The van der Waals surface area contributed by atoms with Gasteiger partial charge in [-0.1, -0.05) is 13.3 Å². The maximum atomic E-state index is 13.0. The van der Waals surface area contributed by atoms with Gasteiger partial charge in [0.2, 0.25) is 0 Å². The van der Waals surface area contributed by atoms with Gasteiger partial charge in [0.1, 0.15) is 5.82 Å². The fourth-order valence-corrected chi connectivity index (χ4v) is 3.71. The van der Waals surface area contributed by atoms with Crippen LogP contribution in [0.1, 0.15) is 50.8 Å². The minimum atomic E-state index is -0.261. The molecule has 3 nitrogen and oxygen atoms in total. The molecule has 1 N–H and O–H groups in total. The monoisotopic (exact) mass is 277 g/mol. The molecule has 2 aliphatic rings. The molecule has 3 unspecified atom stereocenters. The Bertz CT molecular complexity index is 434. The van der Waals surface area contributed by atoms with Crippen LogP contribution < -0.4 is 5.32 Å². The molecule has 1 aromatic rings. The first kappa shape index (κ1) is 14.0. The Balaban J connectivity index is 1.67. The standard InChI is InChI=1S/C16H24FN3/c1-2-13(14-7-6-12(17)11-18-14)19-15-8-10-20-9-4-3-5-16(15)20/h6-7,11,13,15-16,19H,2-5,8-10H2,1H3. The van der Waals surface area contributed by atoms with Crippen LogP contribution in [-0.4, -0.2) is 35.1 Å². The molecule has 0 aromatic carbocycles. The van der Waals surface area contributed by atoms with Gasteiger partial charge in [0.05, 0.1) is 11.9 Å². The van der Waals surface area contributed by atoms with Gasteiger partial charge in [0.15, 0.2) is 0 Å². The van der Waals surface area contributed by atoms with Crippen molar-refractivity contribution < 1.29 is 4.39 Å². The van der Waals surface area contributed by atoms with Crippen molar-refractivity contribution in [3.8, 4) is 0 Å². The van der Waals surface area contributed by atoms with Crippen LogP contribution in [0.4, 0.5) is 4.39 Å². The summed E-state index contributed by atoms with van der Waals surface area (Å²) in [7, 11) is 0. The van der Waals surface area contributed by atoms with Crippen LogP contribution in [0.15, 0.2) is 18.3 Å². The molecule has 2 saturated heterocycles. The number of halogens is 1. The zero-order chi connectivity index (χ0) is 13.9. The van der Waals surface area contributed by atoms with Crippen molar-refractivity contribution in [1.82, 2.24) is 15.2 Å². The highest BCUT2D eigenvalue weighted by Crippen LogP contribution is 2.29. The van der Waals surface area contributed by atoms with Gasteiger partial charge in [-0.05, 0) is 44.4 Å². The van der Waals surface area contributed by atoms with Crippen LogP contribution in [0, 0.1) is 5.82 Å². The van der Waals surface area contributed by atoms with Crippen molar-refractivity contribution in [2.24, 2.45) is 0 Å². The van der Waals surface area contributed by atoms with E-state index in [1.54, 1.807) is 0 Å². The minimum absolute atomic E-state index is 0.238. The van der Waals surface area contributed by atoms with Gasteiger partial charge in [-0.15, -0.1) is 0 Å². The Hall–Kier alpha value is -1.00.